The average molecular weight is 292 g/mol. The Hall–Kier alpha value is -2.76. The van der Waals surface area contributed by atoms with Crippen LogP contribution in [-0.4, -0.2) is 25.0 Å². The number of hydrogen-bond donors (Lipinski definition) is 1. The first-order valence-corrected chi connectivity index (χ1v) is 7.37. The number of benzene rings is 1. The molecule has 6 heteroatoms. The zero-order chi connectivity index (χ0) is 15.1. The van der Waals surface area contributed by atoms with E-state index in [0.717, 1.165) is 25.0 Å². The highest BCUT2D eigenvalue weighted by Crippen LogP contribution is 2.31. The first-order valence-electron chi connectivity index (χ1n) is 7.37. The van der Waals surface area contributed by atoms with Gasteiger partial charge in [-0.1, -0.05) is 24.3 Å². The minimum atomic E-state index is 0.334. The molecule has 4 rings (SSSR count). The Kier molecular flexibility index (Phi) is 2.89. The van der Waals surface area contributed by atoms with Crippen molar-refractivity contribution in [1.82, 2.24) is 25.0 Å². The van der Waals surface area contributed by atoms with Crippen molar-refractivity contribution in [3.05, 3.63) is 47.3 Å². The molecule has 0 spiro atoms. The van der Waals surface area contributed by atoms with Crippen molar-refractivity contribution < 1.29 is 0 Å². The van der Waals surface area contributed by atoms with Gasteiger partial charge in [-0.2, -0.15) is 9.67 Å². The Bertz CT molecular complexity index is 852. The zero-order valence-electron chi connectivity index (χ0n) is 12.3. The molecule has 110 valence electrons. The van der Waals surface area contributed by atoms with Crippen molar-refractivity contribution in [2.75, 3.05) is 5.73 Å². The molecule has 22 heavy (non-hydrogen) atoms. The van der Waals surface area contributed by atoms with E-state index in [1.54, 1.807) is 11.6 Å². The number of fused-ring (bicyclic) bond motifs is 3. The molecule has 0 bridgehead atoms. The summed E-state index contributed by atoms with van der Waals surface area (Å²) in [6, 6.07) is 10.4. The summed E-state index contributed by atoms with van der Waals surface area (Å²) in [6.07, 6.45) is 3.13. The Labute approximate surface area is 128 Å². The zero-order valence-corrected chi connectivity index (χ0v) is 12.3. The van der Waals surface area contributed by atoms with Gasteiger partial charge in [-0.3, -0.25) is 0 Å². The second-order valence-corrected chi connectivity index (χ2v) is 5.52. The van der Waals surface area contributed by atoms with E-state index in [9.17, 15) is 0 Å². The van der Waals surface area contributed by atoms with Crippen molar-refractivity contribution in [3.8, 4) is 17.1 Å². The van der Waals surface area contributed by atoms with Crippen molar-refractivity contribution in [1.29, 1.82) is 0 Å². The number of rotatable bonds is 1. The lowest BCUT2D eigenvalue weighted by atomic mass is 10.0. The number of nitrogens with two attached hydrogens (primary N) is 1. The number of hydrogen-bond acceptors (Lipinski definition) is 5. The predicted octanol–water partition coefficient (Wildman–Crippen LogP) is 2.10. The fourth-order valence-corrected chi connectivity index (χ4v) is 2.98. The maximum Gasteiger partial charge on any atom is 0.225 e. The van der Waals surface area contributed by atoms with E-state index < -0.39 is 0 Å². The molecule has 3 aromatic rings. The molecule has 0 aliphatic heterocycles. The van der Waals surface area contributed by atoms with Gasteiger partial charge in [0.1, 0.15) is 5.82 Å². The van der Waals surface area contributed by atoms with Crippen LogP contribution in [0.3, 0.4) is 0 Å². The fourth-order valence-electron chi connectivity index (χ4n) is 2.98. The molecule has 2 N–H and O–H groups in total. The quantitative estimate of drug-likeness (QED) is 0.742. The Morgan fingerprint density at radius 2 is 1.91 bits per heavy atom. The van der Waals surface area contributed by atoms with Crippen LogP contribution >= 0.6 is 0 Å². The minimum Gasteiger partial charge on any atom is -0.368 e. The summed E-state index contributed by atoms with van der Waals surface area (Å²) in [5.41, 5.74) is 10.5. The van der Waals surface area contributed by atoms with Crippen LogP contribution in [0.25, 0.3) is 17.1 Å². The van der Waals surface area contributed by atoms with Gasteiger partial charge in [0.05, 0.1) is 5.69 Å². The monoisotopic (exact) mass is 292 g/mol. The molecule has 6 nitrogen and oxygen atoms in total. The van der Waals surface area contributed by atoms with Crippen LogP contribution in [0.2, 0.25) is 0 Å². The van der Waals surface area contributed by atoms with E-state index in [2.05, 4.69) is 38.5 Å². The van der Waals surface area contributed by atoms with Gasteiger partial charge < -0.3 is 5.73 Å². The molecule has 1 aliphatic carbocycles. The maximum absolute atomic E-state index is 5.88. The van der Waals surface area contributed by atoms with E-state index in [1.165, 1.54) is 16.7 Å². The highest BCUT2D eigenvalue weighted by molar-refractivity contribution is 5.68. The minimum absolute atomic E-state index is 0.334. The Morgan fingerprint density at radius 3 is 2.73 bits per heavy atom. The standard InChI is InChI=1S/C16H16N6/c1-10-18-16(17)22(21-10)14-9-12-7-4-6-11-5-2-3-8-13(11)15(12)20-19-14/h2-3,5,8-9H,4,6-7H2,1H3,(H2,17,18,21). The van der Waals surface area contributed by atoms with Crippen LogP contribution in [0.5, 0.6) is 0 Å². The maximum atomic E-state index is 5.88. The molecular weight excluding hydrogens is 276 g/mol. The van der Waals surface area contributed by atoms with Crippen LogP contribution in [-0.2, 0) is 12.8 Å². The third-order valence-electron chi connectivity index (χ3n) is 3.98. The number of nitrogen functional groups attached to an aromatic ring is 1. The normalized spacial score (nSPS) is 13.3. The number of aryl methyl sites for hydroxylation is 3. The second kappa shape index (κ2) is 4.91. The molecule has 2 heterocycles. The van der Waals surface area contributed by atoms with E-state index in [4.69, 9.17) is 5.73 Å². The van der Waals surface area contributed by atoms with Gasteiger partial charge in [-0.05, 0) is 43.4 Å². The molecule has 0 amide bonds. The van der Waals surface area contributed by atoms with Crippen molar-refractivity contribution in [2.24, 2.45) is 0 Å². The lowest BCUT2D eigenvalue weighted by molar-refractivity contribution is 0.793. The molecular formula is C16H16N6. The third-order valence-corrected chi connectivity index (χ3v) is 3.98. The topological polar surface area (TPSA) is 82.5 Å². The van der Waals surface area contributed by atoms with Gasteiger partial charge in [-0.15, -0.1) is 15.3 Å². The van der Waals surface area contributed by atoms with Crippen molar-refractivity contribution >= 4 is 5.95 Å². The molecule has 0 fully saturated rings. The van der Waals surface area contributed by atoms with E-state index in [1.807, 2.05) is 12.1 Å². The highest BCUT2D eigenvalue weighted by Gasteiger charge is 2.18. The van der Waals surface area contributed by atoms with Crippen LogP contribution in [0.4, 0.5) is 5.95 Å². The summed E-state index contributed by atoms with van der Waals surface area (Å²) in [7, 11) is 0. The molecule has 1 aromatic carbocycles. The second-order valence-electron chi connectivity index (χ2n) is 5.52. The van der Waals surface area contributed by atoms with Gasteiger partial charge in [0.15, 0.2) is 5.82 Å². The number of anilines is 1. The smallest absolute Gasteiger partial charge is 0.225 e. The fraction of sp³-hybridized carbons (Fsp3) is 0.250. The molecule has 0 saturated carbocycles. The first kappa shape index (κ1) is 12.9. The van der Waals surface area contributed by atoms with Gasteiger partial charge in [0, 0.05) is 5.56 Å². The lowest BCUT2D eigenvalue weighted by Crippen LogP contribution is -2.07. The van der Waals surface area contributed by atoms with Crippen molar-refractivity contribution in [2.45, 2.75) is 26.2 Å². The summed E-state index contributed by atoms with van der Waals surface area (Å²) >= 11 is 0. The molecule has 1 aliphatic rings. The number of aromatic nitrogens is 5. The van der Waals surface area contributed by atoms with Crippen LogP contribution in [0, 0.1) is 6.92 Å². The summed E-state index contributed by atoms with van der Waals surface area (Å²) in [4.78, 5) is 4.12. The van der Waals surface area contributed by atoms with Crippen molar-refractivity contribution in [3.63, 3.8) is 0 Å². The Morgan fingerprint density at radius 1 is 1.09 bits per heavy atom. The first-order chi connectivity index (χ1) is 10.7. The van der Waals surface area contributed by atoms with Crippen LogP contribution in [0.15, 0.2) is 30.3 Å². The molecule has 2 aromatic heterocycles. The summed E-state index contributed by atoms with van der Waals surface area (Å²) < 4.78 is 1.54. The molecule has 0 unspecified atom stereocenters. The summed E-state index contributed by atoms with van der Waals surface area (Å²) in [6.45, 7) is 1.81. The third kappa shape index (κ3) is 2.04. The van der Waals surface area contributed by atoms with Gasteiger partial charge in [0.25, 0.3) is 0 Å². The molecule has 0 atom stereocenters. The van der Waals surface area contributed by atoms with Gasteiger partial charge >= 0.3 is 0 Å². The summed E-state index contributed by atoms with van der Waals surface area (Å²) in [5.74, 6) is 1.58. The van der Waals surface area contributed by atoms with Crippen LogP contribution < -0.4 is 5.73 Å². The van der Waals surface area contributed by atoms with E-state index in [-0.39, 0.29) is 0 Å². The van der Waals surface area contributed by atoms with E-state index in [0.29, 0.717) is 17.6 Å². The highest BCUT2D eigenvalue weighted by atomic mass is 15.4. The van der Waals surface area contributed by atoms with E-state index >= 15 is 0 Å². The number of nitrogens with zero attached hydrogens (tertiary/aromatic N) is 5. The average Bonchev–Trinajstić information content (AvgIpc) is 2.76. The SMILES string of the molecule is Cc1nc(N)n(-c2cc3c(nn2)-c2ccccc2CCC3)n1. The largest absolute Gasteiger partial charge is 0.368 e. The van der Waals surface area contributed by atoms with Gasteiger partial charge in [-0.25, -0.2) is 0 Å². The molecule has 0 saturated heterocycles. The molecule has 0 radical (unpaired) electrons. The Balaban J connectivity index is 1.86. The van der Waals surface area contributed by atoms with Gasteiger partial charge in [0.2, 0.25) is 5.95 Å². The van der Waals surface area contributed by atoms with Crippen LogP contribution in [0.1, 0.15) is 23.4 Å². The lowest BCUT2D eigenvalue weighted by Gasteiger charge is -2.09. The predicted molar refractivity (Wildman–Crippen MR) is 83.6 cm³/mol. The summed E-state index contributed by atoms with van der Waals surface area (Å²) in [5, 5.41) is 13.0.